The molecule has 3 heteroatoms. The molecule has 0 aliphatic heterocycles. The van der Waals surface area contributed by atoms with Crippen LogP contribution >= 0.6 is 0 Å². The van der Waals surface area contributed by atoms with Crippen LogP contribution in [0.5, 0.6) is 0 Å². The molecule has 3 nitrogen and oxygen atoms in total. The van der Waals surface area contributed by atoms with Gasteiger partial charge in [-0.05, 0) is 43.9 Å². The molecule has 17 heavy (non-hydrogen) atoms. The van der Waals surface area contributed by atoms with Crippen LogP contribution in [0.4, 0.5) is 5.69 Å². The van der Waals surface area contributed by atoms with Gasteiger partial charge in [-0.15, -0.1) is 0 Å². The van der Waals surface area contributed by atoms with Gasteiger partial charge in [0.25, 0.3) is 0 Å². The smallest absolute Gasteiger partial charge is 0.220 e. The molecule has 0 bridgehead atoms. The fourth-order valence-corrected chi connectivity index (χ4v) is 1.55. The summed E-state index contributed by atoms with van der Waals surface area (Å²) < 4.78 is 0. The minimum absolute atomic E-state index is 0.110. The number of nitrogens with two attached hydrogens (primary N) is 1. The number of benzene rings is 1. The van der Waals surface area contributed by atoms with Crippen molar-refractivity contribution >= 4 is 11.6 Å². The van der Waals surface area contributed by atoms with Gasteiger partial charge in [0.15, 0.2) is 0 Å². The lowest BCUT2D eigenvalue weighted by Gasteiger charge is -2.11. The predicted molar refractivity (Wildman–Crippen MR) is 71.8 cm³/mol. The van der Waals surface area contributed by atoms with Gasteiger partial charge in [0, 0.05) is 18.2 Å². The third-order valence-electron chi connectivity index (χ3n) is 3.00. The SMILES string of the molecule is CCC(C)NC(=O)CCc1ccc(C)c(N)c1. The van der Waals surface area contributed by atoms with Crippen LogP contribution in [-0.4, -0.2) is 11.9 Å². The lowest BCUT2D eigenvalue weighted by atomic mass is 10.1. The average molecular weight is 234 g/mol. The van der Waals surface area contributed by atoms with E-state index in [9.17, 15) is 4.79 Å². The minimum atomic E-state index is 0.110. The van der Waals surface area contributed by atoms with Gasteiger partial charge in [0.05, 0.1) is 0 Å². The average Bonchev–Trinajstić information content (AvgIpc) is 2.30. The highest BCUT2D eigenvalue weighted by Crippen LogP contribution is 2.14. The first kappa shape index (κ1) is 13.6. The molecular formula is C14H22N2O. The van der Waals surface area contributed by atoms with Crippen LogP contribution in [0, 0.1) is 6.92 Å². The Bertz CT molecular complexity index is 388. The number of aryl methyl sites for hydroxylation is 2. The zero-order valence-electron chi connectivity index (χ0n) is 10.9. The number of nitrogen functional groups attached to an aromatic ring is 1. The summed E-state index contributed by atoms with van der Waals surface area (Å²) in [5.74, 6) is 0.110. The predicted octanol–water partition coefficient (Wildman–Crippen LogP) is 2.42. The van der Waals surface area contributed by atoms with E-state index in [0.717, 1.165) is 29.7 Å². The van der Waals surface area contributed by atoms with E-state index >= 15 is 0 Å². The molecule has 3 N–H and O–H groups in total. The van der Waals surface area contributed by atoms with Gasteiger partial charge in [-0.1, -0.05) is 19.1 Å². The minimum Gasteiger partial charge on any atom is -0.399 e. The first-order valence-electron chi connectivity index (χ1n) is 6.17. The van der Waals surface area contributed by atoms with Gasteiger partial charge in [-0.2, -0.15) is 0 Å². The van der Waals surface area contributed by atoms with Crippen LogP contribution in [0.25, 0.3) is 0 Å². The molecule has 1 atom stereocenters. The molecule has 0 fully saturated rings. The summed E-state index contributed by atoms with van der Waals surface area (Å²) in [6.45, 7) is 6.06. The summed E-state index contributed by atoms with van der Waals surface area (Å²) in [5.41, 5.74) is 8.82. The summed E-state index contributed by atoms with van der Waals surface area (Å²) in [6.07, 6.45) is 2.23. The number of hydrogen-bond acceptors (Lipinski definition) is 2. The molecule has 0 radical (unpaired) electrons. The Kier molecular flexibility index (Phi) is 5.01. The molecule has 1 amide bonds. The van der Waals surface area contributed by atoms with Crippen molar-refractivity contribution in [3.8, 4) is 0 Å². The van der Waals surface area contributed by atoms with Crippen LogP contribution in [0.1, 0.15) is 37.8 Å². The molecule has 0 aliphatic carbocycles. The maximum absolute atomic E-state index is 11.6. The summed E-state index contributed by atoms with van der Waals surface area (Å²) in [7, 11) is 0. The summed E-state index contributed by atoms with van der Waals surface area (Å²) >= 11 is 0. The quantitative estimate of drug-likeness (QED) is 0.769. The Labute approximate surface area is 103 Å². The number of carbonyl (C=O) groups excluding carboxylic acids is 1. The highest BCUT2D eigenvalue weighted by Gasteiger charge is 2.06. The number of amides is 1. The Hall–Kier alpha value is -1.51. The van der Waals surface area contributed by atoms with E-state index in [2.05, 4.69) is 12.2 Å². The van der Waals surface area contributed by atoms with E-state index in [1.54, 1.807) is 0 Å². The van der Waals surface area contributed by atoms with Gasteiger partial charge in [-0.25, -0.2) is 0 Å². The molecule has 94 valence electrons. The molecule has 1 unspecified atom stereocenters. The molecule has 0 aliphatic rings. The van der Waals surface area contributed by atoms with Gasteiger partial charge >= 0.3 is 0 Å². The molecule has 0 saturated carbocycles. The third kappa shape index (κ3) is 4.47. The number of hydrogen-bond donors (Lipinski definition) is 2. The topological polar surface area (TPSA) is 55.1 Å². The molecular weight excluding hydrogens is 212 g/mol. The largest absolute Gasteiger partial charge is 0.399 e. The fraction of sp³-hybridized carbons (Fsp3) is 0.500. The van der Waals surface area contributed by atoms with Crippen molar-refractivity contribution < 1.29 is 4.79 Å². The maximum atomic E-state index is 11.6. The summed E-state index contributed by atoms with van der Waals surface area (Å²) in [4.78, 5) is 11.6. The van der Waals surface area contributed by atoms with E-state index in [4.69, 9.17) is 5.73 Å². The van der Waals surface area contributed by atoms with E-state index in [-0.39, 0.29) is 11.9 Å². The number of rotatable bonds is 5. The monoisotopic (exact) mass is 234 g/mol. The number of anilines is 1. The molecule has 0 aromatic heterocycles. The van der Waals surface area contributed by atoms with Crippen LogP contribution in [0.15, 0.2) is 18.2 Å². The molecule has 1 aromatic rings. The van der Waals surface area contributed by atoms with Crippen molar-refractivity contribution in [3.05, 3.63) is 29.3 Å². The Morgan fingerprint density at radius 2 is 2.18 bits per heavy atom. The second-order valence-electron chi connectivity index (χ2n) is 4.57. The van der Waals surface area contributed by atoms with E-state index in [1.807, 2.05) is 32.0 Å². The van der Waals surface area contributed by atoms with Gasteiger partial charge in [0.2, 0.25) is 5.91 Å². The second-order valence-corrected chi connectivity index (χ2v) is 4.57. The second kappa shape index (κ2) is 6.28. The van der Waals surface area contributed by atoms with Crippen molar-refractivity contribution in [3.63, 3.8) is 0 Å². The van der Waals surface area contributed by atoms with E-state index in [1.165, 1.54) is 0 Å². The van der Waals surface area contributed by atoms with Crippen molar-refractivity contribution in [2.45, 2.75) is 46.1 Å². The van der Waals surface area contributed by atoms with Crippen molar-refractivity contribution in [2.24, 2.45) is 0 Å². The van der Waals surface area contributed by atoms with Gasteiger partial charge < -0.3 is 11.1 Å². The third-order valence-corrected chi connectivity index (χ3v) is 3.00. The number of nitrogens with one attached hydrogen (secondary N) is 1. The highest BCUT2D eigenvalue weighted by atomic mass is 16.1. The van der Waals surface area contributed by atoms with Crippen molar-refractivity contribution in [1.29, 1.82) is 0 Å². The Balaban J connectivity index is 2.45. The van der Waals surface area contributed by atoms with E-state index in [0.29, 0.717) is 6.42 Å². The zero-order valence-corrected chi connectivity index (χ0v) is 10.9. The van der Waals surface area contributed by atoms with Crippen LogP contribution in [-0.2, 0) is 11.2 Å². The summed E-state index contributed by atoms with van der Waals surface area (Å²) in [6, 6.07) is 6.23. The lowest BCUT2D eigenvalue weighted by Crippen LogP contribution is -2.32. The van der Waals surface area contributed by atoms with Gasteiger partial charge in [-0.3, -0.25) is 4.79 Å². The van der Waals surface area contributed by atoms with Crippen LogP contribution in [0.3, 0.4) is 0 Å². The molecule has 0 saturated heterocycles. The molecule has 1 rings (SSSR count). The first-order chi connectivity index (χ1) is 8.02. The molecule has 0 heterocycles. The highest BCUT2D eigenvalue weighted by molar-refractivity contribution is 5.76. The molecule has 0 spiro atoms. The lowest BCUT2D eigenvalue weighted by molar-refractivity contribution is -0.121. The van der Waals surface area contributed by atoms with Crippen molar-refractivity contribution in [2.75, 3.05) is 5.73 Å². The van der Waals surface area contributed by atoms with Crippen molar-refractivity contribution in [1.82, 2.24) is 5.32 Å². The standard InChI is InChI=1S/C14H22N2O/c1-4-11(3)16-14(17)8-7-12-6-5-10(2)13(15)9-12/h5-6,9,11H,4,7-8,15H2,1-3H3,(H,16,17). The Morgan fingerprint density at radius 3 is 2.76 bits per heavy atom. The maximum Gasteiger partial charge on any atom is 0.220 e. The normalized spacial score (nSPS) is 12.2. The first-order valence-corrected chi connectivity index (χ1v) is 6.17. The van der Waals surface area contributed by atoms with Gasteiger partial charge in [0.1, 0.15) is 0 Å². The van der Waals surface area contributed by atoms with Crippen LogP contribution in [0.2, 0.25) is 0 Å². The fourth-order valence-electron chi connectivity index (χ4n) is 1.55. The molecule has 1 aromatic carbocycles. The van der Waals surface area contributed by atoms with E-state index < -0.39 is 0 Å². The van der Waals surface area contributed by atoms with Crippen LogP contribution < -0.4 is 11.1 Å². The summed E-state index contributed by atoms with van der Waals surface area (Å²) in [5, 5.41) is 2.96. The zero-order chi connectivity index (χ0) is 12.8. The number of carbonyl (C=O) groups is 1. The Morgan fingerprint density at radius 1 is 1.47 bits per heavy atom.